The molecule has 1 aliphatic heterocycles. The normalized spacial score (nSPS) is 37.7. The number of allylic oxidation sites excluding steroid dienone is 5. The SMILES string of the molecule is C=C(C)[C@@]1(O)[C@H](OC(=O)/C=C/C=C/C=C/CCC)[C@@H]2[C@@H]3O[C@]3(CO)[C@@H](O)[C@]3(O)C(=O)C(C)=C[C@H]3[C@@]2(O)[C@H](C)[C@H]1OC(=O)/C=C/c1ccc(O)c(OC)c1. The number of phenolic OH excluding ortho intramolecular Hbond substituents is 1. The second kappa shape index (κ2) is 14.8. The fourth-order valence-corrected chi connectivity index (χ4v) is 8.31. The van der Waals surface area contributed by atoms with Crippen LogP contribution in [0.3, 0.4) is 0 Å². The van der Waals surface area contributed by atoms with Crippen LogP contribution in [-0.2, 0) is 28.6 Å². The molecule has 11 atom stereocenters. The zero-order valence-electron chi connectivity index (χ0n) is 30.3. The molecule has 13 nitrogen and oxygen atoms in total. The molecule has 1 aromatic carbocycles. The second-order valence-electron chi connectivity index (χ2n) is 14.3. The van der Waals surface area contributed by atoms with Crippen molar-refractivity contribution >= 4 is 23.8 Å². The summed E-state index contributed by atoms with van der Waals surface area (Å²) in [5, 5.41) is 70.1. The Morgan fingerprint density at radius 2 is 1.70 bits per heavy atom. The van der Waals surface area contributed by atoms with Gasteiger partial charge in [0.1, 0.15) is 30.0 Å². The van der Waals surface area contributed by atoms with Crippen LogP contribution in [0.25, 0.3) is 6.08 Å². The summed E-state index contributed by atoms with van der Waals surface area (Å²) in [5.74, 6) is -7.40. The Morgan fingerprint density at radius 1 is 1.04 bits per heavy atom. The number of esters is 2. The molecule has 286 valence electrons. The van der Waals surface area contributed by atoms with Crippen LogP contribution in [0.4, 0.5) is 0 Å². The number of hydrogen-bond donors (Lipinski definition) is 6. The number of fused-ring (bicyclic) bond motifs is 5. The fourth-order valence-electron chi connectivity index (χ4n) is 8.31. The van der Waals surface area contributed by atoms with E-state index in [1.807, 2.05) is 19.1 Å². The van der Waals surface area contributed by atoms with Crippen LogP contribution >= 0.6 is 0 Å². The third-order valence-corrected chi connectivity index (χ3v) is 11.2. The van der Waals surface area contributed by atoms with Crippen molar-refractivity contribution in [1.29, 1.82) is 0 Å². The van der Waals surface area contributed by atoms with Gasteiger partial charge < -0.3 is 49.6 Å². The number of methoxy groups -OCH3 is 1. The molecule has 0 aromatic heterocycles. The molecular weight excluding hydrogens is 688 g/mol. The maximum atomic E-state index is 13.6. The van der Waals surface area contributed by atoms with E-state index in [1.54, 1.807) is 12.2 Å². The van der Waals surface area contributed by atoms with E-state index in [0.717, 1.165) is 25.0 Å². The van der Waals surface area contributed by atoms with Gasteiger partial charge in [-0.05, 0) is 55.2 Å². The van der Waals surface area contributed by atoms with Gasteiger partial charge in [0, 0.05) is 24.0 Å². The molecule has 4 aliphatic rings. The van der Waals surface area contributed by atoms with Gasteiger partial charge >= 0.3 is 11.9 Å². The summed E-state index contributed by atoms with van der Waals surface area (Å²) >= 11 is 0. The van der Waals surface area contributed by atoms with Crippen LogP contribution in [0, 0.1) is 17.8 Å². The quantitative estimate of drug-likeness (QED) is 0.0599. The van der Waals surface area contributed by atoms with E-state index < -0.39 is 88.9 Å². The van der Waals surface area contributed by atoms with Gasteiger partial charge in [-0.2, -0.15) is 0 Å². The Hall–Kier alpha value is -4.37. The van der Waals surface area contributed by atoms with Gasteiger partial charge in [-0.3, -0.25) is 4.79 Å². The maximum absolute atomic E-state index is 13.6. The lowest BCUT2D eigenvalue weighted by atomic mass is 9.53. The van der Waals surface area contributed by atoms with Gasteiger partial charge in [-0.15, -0.1) is 0 Å². The summed E-state index contributed by atoms with van der Waals surface area (Å²) < 4.78 is 22.9. The Balaban J connectivity index is 1.62. The zero-order chi connectivity index (χ0) is 39.1. The first kappa shape index (κ1) is 39.8. The number of unbranched alkanes of at least 4 members (excludes halogenated alkanes) is 1. The second-order valence-corrected chi connectivity index (χ2v) is 14.3. The first-order valence-electron chi connectivity index (χ1n) is 17.5. The van der Waals surface area contributed by atoms with Crippen molar-refractivity contribution in [3.05, 3.63) is 90.1 Å². The number of hydrogen-bond acceptors (Lipinski definition) is 13. The summed E-state index contributed by atoms with van der Waals surface area (Å²) in [6.45, 7) is 9.31. The number of epoxide rings is 1. The molecule has 6 N–H and O–H groups in total. The van der Waals surface area contributed by atoms with Crippen LogP contribution in [0.2, 0.25) is 0 Å². The minimum Gasteiger partial charge on any atom is -0.504 e. The number of ketones is 1. The van der Waals surface area contributed by atoms with Crippen molar-refractivity contribution in [2.75, 3.05) is 13.7 Å². The highest BCUT2D eigenvalue weighted by molar-refractivity contribution is 6.05. The lowest BCUT2D eigenvalue weighted by Gasteiger charge is -2.59. The lowest BCUT2D eigenvalue weighted by molar-refractivity contribution is -0.287. The highest BCUT2D eigenvalue weighted by Crippen LogP contribution is 2.66. The molecule has 5 rings (SSSR count). The minimum absolute atomic E-state index is 0.000840. The first-order valence-corrected chi connectivity index (χ1v) is 17.5. The Kier molecular flexibility index (Phi) is 11.1. The monoisotopic (exact) mass is 736 g/mol. The van der Waals surface area contributed by atoms with Crippen molar-refractivity contribution in [2.45, 2.75) is 87.4 Å². The van der Waals surface area contributed by atoms with Gasteiger partial charge in [0.25, 0.3) is 0 Å². The Morgan fingerprint density at radius 3 is 2.34 bits per heavy atom. The number of aliphatic hydroxyl groups is 5. The number of aliphatic hydroxyl groups excluding tert-OH is 2. The first-order chi connectivity index (χ1) is 25.0. The average Bonchev–Trinajstić information content (AvgIpc) is 3.82. The maximum Gasteiger partial charge on any atom is 0.331 e. The van der Waals surface area contributed by atoms with Crippen LogP contribution in [-0.4, -0.2) is 109 Å². The standard InChI is InChI=1S/C40H48O13/c1-7-8-9-10-11-12-13-14-29(43)52-35-31-34-37(21-41,53-34)36(46)40(49)28(19-23(4)32(40)45)39(31,48)24(5)33(38(35,47)22(2)3)51-30(44)18-16-25-15-17-26(42)27(20-25)50-6/h9-20,24,28,31,33-36,41-42,46-49H,2,7-8,21H2,1,3-6H3/b10-9+,12-11+,14-13+,18-16+/t24-,28+,31+,33-,34+,35-,36-,37+,38+,39+,40-/m1/s1. The smallest absolute Gasteiger partial charge is 0.331 e. The van der Waals surface area contributed by atoms with E-state index >= 15 is 0 Å². The van der Waals surface area contributed by atoms with Crippen molar-refractivity contribution in [3.63, 3.8) is 0 Å². The molecule has 0 bridgehead atoms. The molecule has 3 fully saturated rings. The number of carbonyl (C=O) groups is 3. The summed E-state index contributed by atoms with van der Waals surface area (Å²) in [6.07, 6.45) is 8.03. The summed E-state index contributed by atoms with van der Waals surface area (Å²) in [5.41, 5.74) is -9.17. The molecule has 1 aromatic rings. The van der Waals surface area contributed by atoms with Crippen LogP contribution < -0.4 is 4.74 Å². The van der Waals surface area contributed by atoms with Crippen molar-refractivity contribution < 1.29 is 64.0 Å². The van der Waals surface area contributed by atoms with Gasteiger partial charge in [0.15, 0.2) is 28.5 Å². The summed E-state index contributed by atoms with van der Waals surface area (Å²) in [6, 6.07) is 4.34. The fraction of sp³-hybridized carbons (Fsp3) is 0.475. The zero-order valence-corrected chi connectivity index (χ0v) is 30.3. The van der Waals surface area contributed by atoms with Crippen LogP contribution in [0.5, 0.6) is 11.5 Å². The van der Waals surface area contributed by atoms with Crippen molar-refractivity contribution in [3.8, 4) is 11.5 Å². The molecule has 2 saturated carbocycles. The molecule has 3 aliphatic carbocycles. The van der Waals surface area contributed by atoms with E-state index in [2.05, 4.69) is 6.58 Å². The third-order valence-electron chi connectivity index (χ3n) is 11.2. The van der Waals surface area contributed by atoms with E-state index in [9.17, 15) is 45.0 Å². The number of rotatable bonds is 12. The number of benzene rings is 1. The molecule has 1 saturated heterocycles. The number of aromatic hydroxyl groups is 1. The lowest BCUT2D eigenvalue weighted by Crippen LogP contribution is -2.76. The van der Waals surface area contributed by atoms with E-state index in [0.29, 0.717) is 5.56 Å². The Labute approximate surface area is 307 Å². The van der Waals surface area contributed by atoms with Gasteiger partial charge in [0.05, 0.1) is 25.2 Å². The van der Waals surface area contributed by atoms with Crippen LogP contribution in [0.15, 0.2) is 84.5 Å². The molecule has 0 spiro atoms. The van der Waals surface area contributed by atoms with E-state index in [4.69, 9.17) is 18.9 Å². The molecular formula is C40H48O13. The molecule has 53 heavy (non-hydrogen) atoms. The molecule has 0 unspecified atom stereocenters. The predicted molar refractivity (Wildman–Crippen MR) is 191 cm³/mol. The van der Waals surface area contributed by atoms with Gasteiger partial charge in [-0.25, -0.2) is 9.59 Å². The van der Waals surface area contributed by atoms with Crippen molar-refractivity contribution in [1.82, 2.24) is 0 Å². The van der Waals surface area contributed by atoms with E-state index in [1.165, 1.54) is 64.3 Å². The van der Waals surface area contributed by atoms with Gasteiger partial charge in [-0.1, -0.05) is 69.4 Å². The molecule has 0 amide bonds. The number of carbonyl (C=O) groups excluding carboxylic acids is 3. The predicted octanol–water partition coefficient (Wildman–Crippen LogP) is 2.39. The molecule has 13 heteroatoms. The summed E-state index contributed by atoms with van der Waals surface area (Å²) in [4.78, 5) is 40.7. The number of phenols is 1. The molecule has 1 heterocycles. The average molecular weight is 737 g/mol. The Bertz CT molecular complexity index is 1790. The third kappa shape index (κ3) is 6.38. The van der Waals surface area contributed by atoms with Crippen molar-refractivity contribution in [2.24, 2.45) is 17.8 Å². The largest absolute Gasteiger partial charge is 0.504 e. The van der Waals surface area contributed by atoms with E-state index in [-0.39, 0.29) is 22.6 Å². The van der Waals surface area contributed by atoms with Gasteiger partial charge in [0.2, 0.25) is 0 Å². The number of Topliss-reactive ketones (excluding diaryl/α,β-unsaturated/α-hetero) is 1. The topological polar surface area (TPSA) is 213 Å². The summed E-state index contributed by atoms with van der Waals surface area (Å²) in [7, 11) is 1.36. The van der Waals surface area contributed by atoms with Crippen LogP contribution in [0.1, 0.15) is 46.1 Å². The number of ether oxygens (including phenoxy) is 4. The minimum atomic E-state index is -2.73. The molecule has 0 radical (unpaired) electrons. The highest BCUT2D eigenvalue weighted by Gasteiger charge is 2.85. The highest BCUT2D eigenvalue weighted by atomic mass is 16.6.